The Morgan fingerprint density at radius 2 is 2.00 bits per heavy atom. The third-order valence-electron chi connectivity index (χ3n) is 5.21. The number of nitrogens with zero attached hydrogens (tertiary/aromatic N) is 4. The lowest BCUT2D eigenvalue weighted by molar-refractivity contribution is 0.487. The largest absolute Gasteiger partial charge is 0.354 e. The molecule has 3 heterocycles. The Morgan fingerprint density at radius 1 is 1.31 bits per heavy atom. The Hall–Kier alpha value is -2.13. The normalized spacial score (nSPS) is 21.0. The predicted molar refractivity (Wildman–Crippen MR) is 99.9 cm³/mol. The predicted octanol–water partition coefficient (Wildman–Crippen LogP) is 0.341. The minimum absolute atomic E-state index is 0. The number of hydrogen-bond donors (Lipinski definition) is 2. The van der Waals surface area contributed by atoms with E-state index in [1.54, 1.807) is 0 Å². The molecule has 2 fully saturated rings. The summed E-state index contributed by atoms with van der Waals surface area (Å²) in [4.78, 5) is 30.8. The van der Waals surface area contributed by atoms with Crippen LogP contribution in [-0.4, -0.2) is 33.4 Å². The van der Waals surface area contributed by atoms with Crippen molar-refractivity contribution in [3.8, 4) is 0 Å². The number of halogens is 2. The highest BCUT2D eigenvalue weighted by molar-refractivity contribution is 5.85. The van der Waals surface area contributed by atoms with Gasteiger partial charge >= 0.3 is 5.69 Å². The second-order valence-electron chi connectivity index (χ2n) is 7.08. The van der Waals surface area contributed by atoms with Crippen molar-refractivity contribution < 1.29 is 4.39 Å². The van der Waals surface area contributed by atoms with Crippen molar-refractivity contribution in [3.05, 3.63) is 32.7 Å². The molecule has 0 aromatic carbocycles. The average molecular weight is 385 g/mol. The second kappa shape index (κ2) is 6.55. The topological polar surface area (TPSA) is 112 Å². The van der Waals surface area contributed by atoms with Crippen LogP contribution in [0.5, 0.6) is 0 Å². The second-order valence-corrected chi connectivity index (χ2v) is 7.08. The maximum absolute atomic E-state index is 14.6. The van der Waals surface area contributed by atoms with Crippen LogP contribution < -0.4 is 27.7 Å². The highest BCUT2D eigenvalue weighted by Crippen LogP contribution is 2.35. The van der Waals surface area contributed by atoms with E-state index < -0.39 is 17.1 Å². The van der Waals surface area contributed by atoms with Crippen LogP contribution in [0.25, 0.3) is 11.0 Å². The fraction of sp³-hybridized carbons (Fsp3) is 0.562. The SMILES string of the molecule is C[C@H](N)[C@@H]1CCN(c2nc3c(cc2F)c(=O)n(N)c(=O)n3C2CC2)C1.Cl. The molecular formula is C16H22ClFN6O2. The Labute approximate surface area is 155 Å². The molecule has 1 saturated carbocycles. The number of anilines is 1. The molecule has 26 heavy (non-hydrogen) atoms. The minimum atomic E-state index is -0.732. The monoisotopic (exact) mass is 384 g/mol. The van der Waals surface area contributed by atoms with E-state index in [0.717, 1.165) is 25.3 Å². The molecule has 0 amide bonds. The van der Waals surface area contributed by atoms with Crippen molar-refractivity contribution in [2.24, 2.45) is 11.7 Å². The van der Waals surface area contributed by atoms with Crippen LogP contribution in [0.1, 0.15) is 32.2 Å². The summed E-state index contributed by atoms with van der Waals surface area (Å²) >= 11 is 0. The van der Waals surface area contributed by atoms with Gasteiger partial charge in [0, 0.05) is 25.2 Å². The first-order valence-electron chi connectivity index (χ1n) is 8.52. The van der Waals surface area contributed by atoms with E-state index in [1.807, 2.05) is 11.8 Å². The van der Waals surface area contributed by atoms with Crippen LogP contribution in [0.4, 0.5) is 10.2 Å². The highest BCUT2D eigenvalue weighted by atomic mass is 35.5. The molecule has 2 aromatic rings. The number of hydrogen-bond acceptors (Lipinski definition) is 6. The van der Waals surface area contributed by atoms with Crippen LogP contribution in [0, 0.1) is 11.7 Å². The van der Waals surface area contributed by atoms with Gasteiger partial charge in [-0.25, -0.2) is 14.2 Å². The summed E-state index contributed by atoms with van der Waals surface area (Å²) in [6, 6.07) is 1.12. The molecule has 1 aliphatic heterocycles. The number of rotatable bonds is 3. The smallest absolute Gasteiger partial charge is 0.351 e. The lowest BCUT2D eigenvalue weighted by Gasteiger charge is -2.20. The lowest BCUT2D eigenvalue weighted by atomic mass is 10.0. The fourth-order valence-corrected chi connectivity index (χ4v) is 3.53. The van der Waals surface area contributed by atoms with Gasteiger partial charge in [-0.15, -0.1) is 12.4 Å². The summed E-state index contributed by atoms with van der Waals surface area (Å²) in [5.74, 6) is 5.41. The molecule has 142 valence electrons. The Balaban J connectivity index is 0.00000196. The van der Waals surface area contributed by atoms with Crippen molar-refractivity contribution in [3.63, 3.8) is 0 Å². The van der Waals surface area contributed by atoms with Crippen molar-refractivity contribution in [1.82, 2.24) is 14.2 Å². The molecule has 4 rings (SSSR count). The minimum Gasteiger partial charge on any atom is -0.354 e. The molecule has 2 atom stereocenters. The van der Waals surface area contributed by atoms with E-state index in [4.69, 9.17) is 11.6 Å². The molecule has 10 heteroatoms. The zero-order valence-corrected chi connectivity index (χ0v) is 15.2. The van der Waals surface area contributed by atoms with Gasteiger partial charge in [-0.2, -0.15) is 4.68 Å². The van der Waals surface area contributed by atoms with Gasteiger partial charge < -0.3 is 16.5 Å². The van der Waals surface area contributed by atoms with E-state index >= 15 is 0 Å². The number of nitrogens with two attached hydrogens (primary N) is 2. The van der Waals surface area contributed by atoms with Crippen molar-refractivity contribution >= 4 is 29.3 Å². The zero-order valence-electron chi connectivity index (χ0n) is 14.4. The molecule has 2 aromatic heterocycles. The fourth-order valence-electron chi connectivity index (χ4n) is 3.53. The maximum Gasteiger partial charge on any atom is 0.351 e. The Bertz CT molecular complexity index is 968. The first kappa shape index (κ1) is 18.7. The van der Waals surface area contributed by atoms with Gasteiger partial charge in [0.2, 0.25) is 0 Å². The van der Waals surface area contributed by atoms with E-state index in [1.165, 1.54) is 4.57 Å². The van der Waals surface area contributed by atoms with Crippen LogP contribution >= 0.6 is 12.4 Å². The van der Waals surface area contributed by atoms with E-state index in [0.29, 0.717) is 17.8 Å². The highest BCUT2D eigenvalue weighted by Gasteiger charge is 2.32. The summed E-state index contributed by atoms with van der Waals surface area (Å²) in [7, 11) is 0. The molecule has 0 radical (unpaired) electrons. The van der Waals surface area contributed by atoms with Gasteiger partial charge in [-0.05, 0) is 38.2 Å². The van der Waals surface area contributed by atoms with Gasteiger partial charge in [0.05, 0.1) is 5.39 Å². The van der Waals surface area contributed by atoms with Crippen molar-refractivity contribution in [2.45, 2.75) is 38.3 Å². The molecule has 1 aliphatic carbocycles. The van der Waals surface area contributed by atoms with Crippen LogP contribution in [0.2, 0.25) is 0 Å². The van der Waals surface area contributed by atoms with Gasteiger partial charge in [0.1, 0.15) is 0 Å². The summed E-state index contributed by atoms with van der Waals surface area (Å²) in [6.07, 6.45) is 2.49. The summed E-state index contributed by atoms with van der Waals surface area (Å²) in [5.41, 5.74) is 4.82. The standard InChI is InChI=1S/C16H21FN6O2.ClH/c1-8(18)9-4-5-21(7-9)14-12(17)6-11-13(20-14)22(10-2-3-10)16(25)23(19)15(11)24;/h6,8-10H,2-5,7,18-19H2,1H3;1H/t8-,9+;/m0./s1. The average Bonchev–Trinajstić information content (AvgIpc) is 3.28. The quantitative estimate of drug-likeness (QED) is 0.738. The first-order valence-corrected chi connectivity index (χ1v) is 8.52. The third-order valence-corrected chi connectivity index (χ3v) is 5.21. The van der Waals surface area contributed by atoms with Gasteiger partial charge in [-0.1, -0.05) is 0 Å². The molecule has 0 bridgehead atoms. The van der Waals surface area contributed by atoms with Crippen LogP contribution in [0.15, 0.2) is 15.7 Å². The zero-order chi connectivity index (χ0) is 17.9. The molecular weight excluding hydrogens is 363 g/mol. The molecule has 2 aliphatic rings. The summed E-state index contributed by atoms with van der Waals surface area (Å²) in [5, 5.41) is 0.0261. The summed E-state index contributed by atoms with van der Waals surface area (Å²) < 4.78 is 16.6. The first-order chi connectivity index (χ1) is 11.9. The maximum atomic E-state index is 14.6. The number of fused-ring (bicyclic) bond motifs is 1. The summed E-state index contributed by atoms with van der Waals surface area (Å²) in [6.45, 7) is 3.19. The van der Waals surface area contributed by atoms with E-state index in [-0.39, 0.29) is 47.3 Å². The van der Waals surface area contributed by atoms with E-state index in [9.17, 15) is 14.0 Å². The molecule has 4 N–H and O–H groups in total. The third kappa shape index (κ3) is 2.84. The molecule has 1 saturated heterocycles. The molecule has 0 spiro atoms. The van der Waals surface area contributed by atoms with Crippen LogP contribution in [0.3, 0.4) is 0 Å². The van der Waals surface area contributed by atoms with Crippen molar-refractivity contribution in [2.75, 3.05) is 23.8 Å². The Kier molecular flexibility index (Phi) is 4.70. The van der Waals surface area contributed by atoms with Gasteiger partial charge in [0.15, 0.2) is 17.3 Å². The van der Waals surface area contributed by atoms with Crippen molar-refractivity contribution in [1.29, 1.82) is 0 Å². The number of nitrogen functional groups attached to an aromatic ring is 1. The number of aromatic nitrogens is 3. The van der Waals surface area contributed by atoms with Crippen LogP contribution in [-0.2, 0) is 0 Å². The molecule has 0 unspecified atom stereocenters. The van der Waals surface area contributed by atoms with Gasteiger partial charge in [-0.3, -0.25) is 9.36 Å². The Morgan fingerprint density at radius 3 is 2.58 bits per heavy atom. The lowest BCUT2D eigenvalue weighted by Crippen LogP contribution is -2.45. The van der Waals surface area contributed by atoms with Gasteiger partial charge in [0.25, 0.3) is 5.56 Å². The molecule has 8 nitrogen and oxygen atoms in total. The van der Waals surface area contributed by atoms with E-state index in [2.05, 4.69) is 4.98 Å². The number of pyridine rings is 1.